The van der Waals surface area contributed by atoms with Gasteiger partial charge in [-0.3, -0.25) is 10.8 Å². The zero-order chi connectivity index (χ0) is 23.9. The number of amidine groups is 2. The molecule has 0 bridgehead atoms. The third-order valence-corrected chi connectivity index (χ3v) is 5.46. The average molecular weight is 457 g/mol. The topological polar surface area (TPSA) is 131 Å². The highest BCUT2D eigenvalue weighted by Crippen LogP contribution is 2.29. The molecule has 0 saturated heterocycles. The van der Waals surface area contributed by atoms with Crippen molar-refractivity contribution in [2.24, 2.45) is 11.5 Å². The molecule has 0 aliphatic carbocycles. The summed E-state index contributed by atoms with van der Waals surface area (Å²) < 4.78 is 17.5. The molecular formula is C27H28N4O3. The van der Waals surface area contributed by atoms with Crippen LogP contribution in [0.15, 0.2) is 77.2 Å². The van der Waals surface area contributed by atoms with Crippen LogP contribution in [0, 0.1) is 10.8 Å². The molecule has 0 unspecified atom stereocenters. The summed E-state index contributed by atoms with van der Waals surface area (Å²) in [6.45, 7) is 1.28. The highest BCUT2D eigenvalue weighted by molar-refractivity contribution is 5.98. The number of hydrogen-bond donors (Lipinski definition) is 4. The molecule has 3 aromatic carbocycles. The van der Waals surface area contributed by atoms with Gasteiger partial charge in [-0.25, -0.2) is 0 Å². The SMILES string of the molecule is N=C(N)c1ccc(OCCCCCOc2ccc(-c3cc4ccc(C(=N)N)cc4o3)cc2)cc1. The number of nitrogens with two attached hydrogens (primary N) is 2. The van der Waals surface area contributed by atoms with Gasteiger partial charge in [-0.15, -0.1) is 0 Å². The van der Waals surface area contributed by atoms with Crippen LogP contribution in [-0.4, -0.2) is 24.9 Å². The highest BCUT2D eigenvalue weighted by atomic mass is 16.5. The molecule has 4 rings (SSSR count). The Morgan fingerprint density at radius 2 is 1.24 bits per heavy atom. The van der Waals surface area contributed by atoms with Crippen molar-refractivity contribution in [1.29, 1.82) is 10.8 Å². The molecule has 1 aromatic heterocycles. The number of benzene rings is 3. The molecule has 6 N–H and O–H groups in total. The number of rotatable bonds is 11. The van der Waals surface area contributed by atoms with Crippen LogP contribution in [0.2, 0.25) is 0 Å². The second kappa shape index (κ2) is 10.6. The minimum atomic E-state index is 0.0225. The smallest absolute Gasteiger partial charge is 0.135 e. The molecule has 174 valence electrons. The van der Waals surface area contributed by atoms with Crippen molar-refractivity contribution in [3.63, 3.8) is 0 Å². The van der Waals surface area contributed by atoms with Crippen LogP contribution in [0.3, 0.4) is 0 Å². The summed E-state index contributed by atoms with van der Waals surface area (Å²) in [5.74, 6) is 2.44. The van der Waals surface area contributed by atoms with E-state index in [1.54, 1.807) is 18.2 Å². The van der Waals surface area contributed by atoms with E-state index < -0.39 is 0 Å². The molecule has 0 fully saturated rings. The van der Waals surface area contributed by atoms with Gasteiger partial charge in [0.25, 0.3) is 0 Å². The molecule has 0 saturated carbocycles. The molecule has 7 nitrogen and oxygen atoms in total. The van der Waals surface area contributed by atoms with E-state index in [0.29, 0.717) is 29.9 Å². The van der Waals surface area contributed by atoms with Gasteiger partial charge in [0.05, 0.1) is 13.2 Å². The van der Waals surface area contributed by atoms with Gasteiger partial charge < -0.3 is 25.4 Å². The van der Waals surface area contributed by atoms with E-state index in [1.165, 1.54) is 0 Å². The van der Waals surface area contributed by atoms with Crippen molar-refractivity contribution in [2.45, 2.75) is 19.3 Å². The van der Waals surface area contributed by atoms with E-state index in [1.807, 2.05) is 54.6 Å². The molecule has 34 heavy (non-hydrogen) atoms. The standard InChI is InChI=1S/C27H28N4O3/c28-26(29)19-8-12-23(13-9-19)33-15-3-1-2-14-32-22-10-6-18(7-11-22)24-16-20-4-5-21(27(30)31)17-25(20)34-24/h4-13,16-17H,1-3,14-15H2,(H3,28,29)(H3,30,31). The molecular weight excluding hydrogens is 428 g/mol. The zero-order valence-corrected chi connectivity index (χ0v) is 18.8. The molecule has 0 radical (unpaired) electrons. The molecule has 0 atom stereocenters. The van der Waals surface area contributed by atoms with E-state index in [0.717, 1.165) is 47.5 Å². The van der Waals surface area contributed by atoms with Crippen molar-refractivity contribution < 1.29 is 13.9 Å². The first-order chi connectivity index (χ1) is 16.5. The maximum atomic E-state index is 7.57. The fourth-order valence-electron chi connectivity index (χ4n) is 3.55. The third-order valence-electron chi connectivity index (χ3n) is 5.46. The summed E-state index contributed by atoms with van der Waals surface area (Å²) in [6.07, 6.45) is 2.88. The quantitative estimate of drug-likeness (QED) is 0.138. The molecule has 0 amide bonds. The van der Waals surface area contributed by atoms with Crippen molar-refractivity contribution in [3.05, 3.63) is 83.9 Å². The first-order valence-corrected chi connectivity index (χ1v) is 11.2. The summed E-state index contributed by atoms with van der Waals surface area (Å²) in [5, 5.41) is 15.9. The predicted molar refractivity (Wildman–Crippen MR) is 135 cm³/mol. The Labute approximate surface area is 198 Å². The number of fused-ring (bicyclic) bond motifs is 1. The lowest BCUT2D eigenvalue weighted by atomic mass is 10.1. The number of furan rings is 1. The summed E-state index contributed by atoms with van der Waals surface area (Å²) in [7, 11) is 0. The second-order valence-corrected chi connectivity index (χ2v) is 8.00. The van der Waals surface area contributed by atoms with Crippen LogP contribution in [0.4, 0.5) is 0 Å². The van der Waals surface area contributed by atoms with Crippen molar-refractivity contribution >= 4 is 22.6 Å². The Morgan fingerprint density at radius 1 is 0.676 bits per heavy atom. The van der Waals surface area contributed by atoms with E-state index in [9.17, 15) is 0 Å². The monoisotopic (exact) mass is 456 g/mol. The maximum Gasteiger partial charge on any atom is 0.135 e. The van der Waals surface area contributed by atoms with E-state index in [2.05, 4.69) is 0 Å². The van der Waals surface area contributed by atoms with Crippen molar-refractivity contribution in [2.75, 3.05) is 13.2 Å². The Morgan fingerprint density at radius 3 is 1.82 bits per heavy atom. The predicted octanol–water partition coefficient (Wildman–Crippen LogP) is 5.30. The summed E-state index contributed by atoms with van der Waals surface area (Å²) in [4.78, 5) is 0. The minimum Gasteiger partial charge on any atom is -0.494 e. The van der Waals surface area contributed by atoms with Crippen LogP contribution in [0.1, 0.15) is 30.4 Å². The van der Waals surface area contributed by atoms with Crippen LogP contribution in [0.5, 0.6) is 11.5 Å². The largest absolute Gasteiger partial charge is 0.494 e. The van der Waals surface area contributed by atoms with E-state index in [4.69, 9.17) is 36.2 Å². The minimum absolute atomic E-state index is 0.0225. The second-order valence-electron chi connectivity index (χ2n) is 8.00. The van der Waals surface area contributed by atoms with Gasteiger partial charge in [0.2, 0.25) is 0 Å². The van der Waals surface area contributed by atoms with Gasteiger partial charge in [-0.2, -0.15) is 0 Å². The maximum absolute atomic E-state index is 7.57. The lowest BCUT2D eigenvalue weighted by Gasteiger charge is -2.08. The van der Waals surface area contributed by atoms with E-state index in [-0.39, 0.29) is 11.7 Å². The molecule has 7 heteroatoms. The molecule has 1 heterocycles. The summed E-state index contributed by atoms with van der Waals surface area (Å²) in [6, 6.07) is 22.6. The number of unbranched alkanes of at least 4 members (excludes halogenated alkanes) is 2. The Balaban J connectivity index is 1.19. The highest BCUT2D eigenvalue weighted by Gasteiger charge is 2.08. The lowest BCUT2D eigenvalue weighted by Crippen LogP contribution is -2.10. The van der Waals surface area contributed by atoms with Crippen molar-refractivity contribution in [1.82, 2.24) is 0 Å². The summed E-state index contributed by atoms with van der Waals surface area (Å²) >= 11 is 0. The summed E-state index contributed by atoms with van der Waals surface area (Å²) in [5.41, 5.74) is 14.0. The van der Waals surface area contributed by atoms with Gasteiger partial charge in [0.1, 0.15) is 34.5 Å². The zero-order valence-electron chi connectivity index (χ0n) is 18.8. The van der Waals surface area contributed by atoms with Crippen LogP contribution < -0.4 is 20.9 Å². The number of ether oxygens (including phenoxy) is 2. The van der Waals surface area contributed by atoms with Gasteiger partial charge in [-0.05, 0) is 79.9 Å². The van der Waals surface area contributed by atoms with Gasteiger partial charge in [0, 0.05) is 22.1 Å². The van der Waals surface area contributed by atoms with Crippen molar-refractivity contribution in [3.8, 4) is 22.8 Å². The molecule has 4 aromatic rings. The fourth-order valence-corrected chi connectivity index (χ4v) is 3.55. The van der Waals surface area contributed by atoms with Crippen LogP contribution in [0.25, 0.3) is 22.3 Å². The van der Waals surface area contributed by atoms with Crippen LogP contribution >= 0.6 is 0 Å². The molecule has 0 aliphatic rings. The number of nitrogen functional groups attached to an aromatic ring is 2. The number of nitrogens with one attached hydrogen (secondary N) is 2. The third kappa shape index (κ3) is 5.75. The van der Waals surface area contributed by atoms with Gasteiger partial charge in [-0.1, -0.05) is 12.1 Å². The first kappa shape index (κ1) is 22.9. The first-order valence-electron chi connectivity index (χ1n) is 11.2. The van der Waals surface area contributed by atoms with Gasteiger partial charge in [0.15, 0.2) is 0 Å². The molecule has 0 spiro atoms. The fraction of sp³-hybridized carbons (Fsp3) is 0.185. The normalized spacial score (nSPS) is 10.8. The van der Waals surface area contributed by atoms with Crippen LogP contribution in [-0.2, 0) is 0 Å². The number of hydrogen-bond acceptors (Lipinski definition) is 5. The Hall–Kier alpha value is -4.26. The Kier molecular flexibility index (Phi) is 7.13. The van der Waals surface area contributed by atoms with Gasteiger partial charge >= 0.3 is 0 Å². The van der Waals surface area contributed by atoms with E-state index >= 15 is 0 Å². The Bertz CT molecular complexity index is 1280. The lowest BCUT2D eigenvalue weighted by molar-refractivity contribution is 0.279. The average Bonchev–Trinajstić information content (AvgIpc) is 3.27. The molecule has 0 aliphatic heterocycles.